The van der Waals surface area contributed by atoms with E-state index >= 15 is 0 Å². The van der Waals surface area contributed by atoms with Crippen LogP contribution in [0.5, 0.6) is 0 Å². The van der Waals surface area contributed by atoms with Crippen molar-refractivity contribution in [1.82, 2.24) is 30.1 Å². The van der Waals surface area contributed by atoms with Crippen molar-refractivity contribution in [2.45, 2.75) is 26.2 Å². The average Bonchev–Trinajstić information content (AvgIpc) is 3.66. The summed E-state index contributed by atoms with van der Waals surface area (Å²) in [5.41, 5.74) is 7.39. The second-order valence-corrected chi connectivity index (χ2v) is 8.62. The fourth-order valence-corrected chi connectivity index (χ4v) is 4.31. The Morgan fingerprint density at radius 2 is 2.00 bits per heavy atom. The van der Waals surface area contributed by atoms with Crippen molar-refractivity contribution in [3.8, 4) is 33.8 Å². The molecule has 0 aliphatic carbocycles. The highest BCUT2D eigenvalue weighted by Gasteiger charge is 2.16. The Morgan fingerprint density at radius 3 is 2.86 bits per heavy atom. The Bertz CT molecular complexity index is 1680. The third-order valence-corrected chi connectivity index (χ3v) is 6.14. The lowest BCUT2D eigenvalue weighted by Crippen LogP contribution is -2.11. The van der Waals surface area contributed by atoms with Crippen molar-refractivity contribution in [3.63, 3.8) is 0 Å². The first kappa shape index (κ1) is 21.7. The van der Waals surface area contributed by atoms with Crippen molar-refractivity contribution in [1.29, 1.82) is 0 Å². The van der Waals surface area contributed by atoms with Crippen LogP contribution in [-0.2, 0) is 4.79 Å². The molecule has 0 spiro atoms. The minimum absolute atomic E-state index is 0.0152. The second kappa shape index (κ2) is 9.10. The maximum atomic E-state index is 12.2. The number of nitrogens with zero attached hydrogens (tertiary/aromatic N) is 4. The summed E-state index contributed by atoms with van der Waals surface area (Å²) in [4.78, 5) is 28.9. The lowest BCUT2D eigenvalue weighted by atomic mass is 10.1. The van der Waals surface area contributed by atoms with Crippen LogP contribution in [0.15, 0.2) is 72.1 Å². The van der Waals surface area contributed by atoms with Crippen molar-refractivity contribution in [2.75, 3.05) is 5.32 Å². The van der Waals surface area contributed by atoms with Crippen LogP contribution < -0.4 is 5.32 Å². The number of furan rings is 1. The molecule has 0 aliphatic heterocycles. The number of fused-ring (bicyclic) bond motifs is 2. The summed E-state index contributed by atoms with van der Waals surface area (Å²) >= 11 is 0. The number of unbranched alkanes of at least 4 members (excludes halogenated alkanes) is 1. The van der Waals surface area contributed by atoms with E-state index in [1.54, 1.807) is 37.3 Å². The van der Waals surface area contributed by atoms with Crippen LogP contribution in [0.25, 0.3) is 55.7 Å². The molecule has 178 valence electrons. The third-order valence-electron chi connectivity index (χ3n) is 6.14. The Balaban J connectivity index is 1.37. The van der Waals surface area contributed by atoms with Crippen molar-refractivity contribution >= 4 is 33.5 Å². The molecule has 9 nitrogen and oxygen atoms in total. The maximum Gasteiger partial charge on any atom is 0.224 e. The molecule has 6 rings (SSSR count). The van der Waals surface area contributed by atoms with E-state index in [0.717, 1.165) is 68.6 Å². The molecule has 36 heavy (non-hydrogen) atoms. The molecule has 0 aromatic carbocycles. The minimum Gasteiger partial charge on any atom is -0.472 e. The Hall–Kier alpha value is -4.79. The van der Waals surface area contributed by atoms with E-state index in [0.29, 0.717) is 12.1 Å². The van der Waals surface area contributed by atoms with Gasteiger partial charge in [-0.25, -0.2) is 4.98 Å². The number of pyridine rings is 3. The van der Waals surface area contributed by atoms with Crippen LogP contribution in [0.4, 0.5) is 5.69 Å². The van der Waals surface area contributed by atoms with Gasteiger partial charge in [-0.05, 0) is 42.3 Å². The van der Waals surface area contributed by atoms with Gasteiger partial charge in [0.2, 0.25) is 5.91 Å². The number of aromatic amines is 2. The molecule has 0 saturated heterocycles. The standard InChI is InChI=1S/C27H23N7O2/c1-2-3-4-25(35)31-18-9-17(12-28-13-18)22-11-21-24(14-30-22)33-34-26(21)23-10-20-19(16-6-8-36-15-16)5-7-29-27(20)32-23/h5-15H,2-4H2,1H3,(H,29,32)(H,31,35)(H,33,34). The zero-order valence-electron chi connectivity index (χ0n) is 19.6. The molecule has 0 saturated carbocycles. The van der Waals surface area contributed by atoms with Gasteiger partial charge in [-0.3, -0.25) is 19.9 Å². The zero-order chi connectivity index (χ0) is 24.5. The van der Waals surface area contributed by atoms with Gasteiger partial charge in [0.25, 0.3) is 0 Å². The van der Waals surface area contributed by atoms with Gasteiger partial charge in [-0.1, -0.05) is 13.3 Å². The lowest BCUT2D eigenvalue weighted by molar-refractivity contribution is -0.116. The summed E-state index contributed by atoms with van der Waals surface area (Å²) in [5.74, 6) is -0.0152. The third kappa shape index (κ3) is 4.00. The van der Waals surface area contributed by atoms with Gasteiger partial charge in [0.05, 0.1) is 47.5 Å². The number of hydrogen-bond acceptors (Lipinski definition) is 6. The Kier molecular flexibility index (Phi) is 5.49. The predicted molar refractivity (Wildman–Crippen MR) is 138 cm³/mol. The molecule has 9 heteroatoms. The molecular weight excluding hydrogens is 454 g/mol. The van der Waals surface area contributed by atoms with Crippen molar-refractivity contribution in [2.24, 2.45) is 0 Å². The SMILES string of the molecule is CCCCC(=O)Nc1cncc(-c2cc3c(-c4cc5c(-c6ccoc6)ccnc5[nH]4)n[nH]c3cn2)c1. The normalized spacial score (nSPS) is 11.4. The maximum absolute atomic E-state index is 12.2. The van der Waals surface area contributed by atoms with Gasteiger partial charge in [0.1, 0.15) is 11.3 Å². The molecule has 0 fully saturated rings. The number of carbonyl (C=O) groups excluding carboxylic acids is 1. The van der Waals surface area contributed by atoms with E-state index in [9.17, 15) is 4.79 Å². The quantitative estimate of drug-likeness (QED) is 0.261. The summed E-state index contributed by atoms with van der Waals surface area (Å²) < 4.78 is 5.27. The highest BCUT2D eigenvalue weighted by Crippen LogP contribution is 2.34. The van der Waals surface area contributed by atoms with Gasteiger partial charge in [0.15, 0.2) is 0 Å². The fourth-order valence-electron chi connectivity index (χ4n) is 4.31. The Morgan fingerprint density at radius 1 is 1.06 bits per heavy atom. The van der Waals surface area contributed by atoms with Gasteiger partial charge in [-0.15, -0.1) is 0 Å². The summed E-state index contributed by atoms with van der Waals surface area (Å²) in [6.45, 7) is 2.06. The molecule has 3 N–H and O–H groups in total. The molecule has 6 aromatic rings. The molecule has 1 amide bonds. The van der Waals surface area contributed by atoms with E-state index in [2.05, 4.69) is 42.4 Å². The molecule has 0 bridgehead atoms. The van der Waals surface area contributed by atoms with Crippen LogP contribution in [0.2, 0.25) is 0 Å². The highest BCUT2D eigenvalue weighted by molar-refractivity contribution is 6.00. The van der Waals surface area contributed by atoms with E-state index in [1.165, 1.54) is 0 Å². The van der Waals surface area contributed by atoms with Crippen LogP contribution in [-0.4, -0.2) is 36.0 Å². The average molecular weight is 478 g/mol. The number of amides is 1. The van der Waals surface area contributed by atoms with Crippen LogP contribution >= 0.6 is 0 Å². The number of anilines is 1. The van der Waals surface area contributed by atoms with Gasteiger partial charge >= 0.3 is 0 Å². The van der Waals surface area contributed by atoms with Crippen molar-refractivity contribution in [3.05, 3.63) is 67.6 Å². The number of hydrogen-bond donors (Lipinski definition) is 3. The summed E-state index contributed by atoms with van der Waals surface area (Å²) in [5, 5.41) is 12.4. The van der Waals surface area contributed by atoms with E-state index in [4.69, 9.17) is 4.42 Å². The number of aromatic nitrogens is 6. The van der Waals surface area contributed by atoms with E-state index in [1.807, 2.05) is 30.3 Å². The van der Waals surface area contributed by atoms with Crippen LogP contribution in [0.1, 0.15) is 26.2 Å². The number of nitrogens with one attached hydrogen (secondary N) is 3. The summed E-state index contributed by atoms with van der Waals surface area (Å²) in [6, 6.07) is 9.81. The first-order chi connectivity index (χ1) is 17.7. The molecule has 0 radical (unpaired) electrons. The van der Waals surface area contributed by atoms with Crippen LogP contribution in [0.3, 0.4) is 0 Å². The zero-order valence-corrected chi connectivity index (χ0v) is 19.6. The fraction of sp³-hybridized carbons (Fsp3) is 0.148. The number of H-pyrrole nitrogens is 2. The van der Waals surface area contributed by atoms with Gasteiger partial charge in [0, 0.05) is 40.7 Å². The molecule has 6 aromatic heterocycles. The van der Waals surface area contributed by atoms with Gasteiger partial charge in [-0.2, -0.15) is 5.10 Å². The summed E-state index contributed by atoms with van der Waals surface area (Å²) in [6.07, 6.45) is 12.6. The Labute approximate surface area is 206 Å². The number of rotatable bonds is 7. The van der Waals surface area contributed by atoms with Crippen LogP contribution in [0, 0.1) is 0 Å². The molecule has 6 heterocycles. The molecule has 0 unspecified atom stereocenters. The second-order valence-electron chi connectivity index (χ2n) is 8.62. The molecule has 0 atom stereocenters. The largest absolute Gasteiger partial charge is 0.472 e. The van der Waals surface area contributed by atoms with Gasteiger partial charge < -0.3 is 14.7 Å². The molecule has 0 aliphatic rings. The van der Waals surface area contributed by atoms with E-state index < -0.39 is 0 Å². The smallest absolute Gasteiger partial charge is 0.224 e. The summed E-state index contributed by atoms with van der Waals surface area (Å²) in [7, 11) is 0. The first-order valence-corrected chi connectivity index (χ1v) is 11.8. The lowest BCUT2D eigenvalue weighted by Gasteiger charge is -2.07. The highest BCUT2D eigenvalue weighted by atomic mass is 16.3. The van der Waals surface area contributed by atoms with Crippen molar-refractivity contribution < 1.29 is 9.21 Å². The number of carbonyl (C=O) groups is 1. The monoisotopic (exact) mass is 477 g/mol. The first-order valence-electron chi connectivity index (χ1n) is 11.8. The topological polar surface area (TPSA) is 125 Å². The minimum atomic E-state index is -0.0152. The van der Waals surface area contributed by atoms with E-state index in [-0.39, 0.29) is 5.91 Å². The predicted octanol–water partition coefficient (Wildman–Crippen LogP) is 5.95. The molecular formula is C27H23N7O2.